The van der Waals surface area contributed by atoms with Crippen molar-refractivity contribution in [3.63, 3.8) is 0 Å². The highest BCUT2D eigenvalue weighted by Gasteiger charge is 2.33. The molecule has 2 N–H and O–H groups in total. The van der Waals surface area contributed by atoms with Crippen molar-refractivity contribution >= 4 is 11.6 Å². The maximum atomic E-state index is 14.9. The van der Waals surface area contributed by atoms with Gasteiger partial charge in [-0.15, -0.1) is 5.10 Å². The van der Waals surface area contributed by atoms with Crippen molar-refractivity contribution in [1.82, 2.24) is 24.5 Å². The van der Waals surface area contributed by atoms with Gasteiger partial charge in [0.2, 0.25) is 11.7 Å². The number of nitriles is 1. The van der Waals surface area contributed by atoms with Gasteiger partial charge in [0.15, 0.2) is 5.69 Å². The summed E-state index contributed by atoms with van der Waals surface area (Å²) in [5.74, 6) is -3.90. The quantitative estimate of drug-likeness (QED) is 0.429. The molecular weight excluding hydrogens is 457 g/mol. The molecule has 1 amide bonds. The van der Waals surface area contributed by atoms with Crippen molar-refractivity contribution in [3.05, 3.63) is 87.4 Å². The molecular formula is C23H20FN7O4. The van der Waals surface area contributed by atoms with E-state index in [2.05, 4.69) is 31.1 Å². The normalized spacial score (nSPS) is 12.7. The van der Waals surface area contributed by atoms with Crippen LogP contribution in [0.3, 0.4) is 0 Å². The van der Waals surface area contributed by atoms with Crippen LogP contribution in [0.4, 0.5) is 10.1 Å². The van der Waals surface area contributed by atoms with Gasteiger partial charge >= 0.3 is 0 Å². The van der Waals surface area contributed by atoms with Gasteiger partial charge in [0.1, 0.15) is 17.8 Å². The minimum Gasteiger partial charge on any atom is -0.501 e. The molecule has 0 saturated heterocycles. The van der Waals surface area contributed by atoms with Crippen LogP contribution in [0.15, 0.2) is 52.2 Å². The Bertz CT molecular complexity index is 1500. The summed E-state index contributed by atoms with van der Waals surface area (Å²) in [6, 6.07) is 8.80. The lowest BCUT2D eigenvalue weighted by Gasteiger charge is -2.26. The fourth-order valence-electron chi connectivity index (χ4n) is 4.04. The number of carbonyl (C=O) groups is 1. The Balaban J connectivity index is 1.88. The van der Waals surface area contributed by atoms with Gasteiger partial charge in [0, 0.05) is 37.7 Å². The highest BCUT2D eigenvalue weighted by Crippen LogP contribution is 2.40. The van der Waals surface area contributed by atoms with Crippen LogP contribution in [-0.4, -0.2) is 35.5 Å². The van der Waals surface area contributed by atoms with Crippen molar-refractivity contribution in [2.75, 3.05) is 5.32 Å². The molecule has 3 heterocycles. The molecule has 35 heavy (non-hydrogen) atoms. The minimum atomic E-state index is -0.865. The fraction of sp³-hybridized carbons (Fsp3) is 0.217. The molecule has 178 valence electrons. The first-order chi connectivity index (χ1) is 16.7. The molecule has 0 aliphatic rings. The number of aromatic hydroxyl groups is 1. The van der Waals surface area contributed by atoms with Crippen LogP contribution in [-0.2, 0) is 14.1 Å². The van der Waals surface area contributed by atoms with Crippen LogP contribution in [0.25, 0.3) is 0 Å². The van der Waals surface area contributed by atoms with Gasteiger partial charge in [-0.25, -0.2) is 4.98 Å². The molecule has 2 atom stereocenters. The first-order valence-electron chi connectivity index (χ1n) is 10.4. The van der Waals surface area contributed by atoms with Crippen LogP contribution in [0.2, 0.25) is 0 Å². The second-order valence-electron chi connectivity index (χ2n) is 7.91. The van der Waals surface area contributed by atoms with E-state index >= 15 is 0 Å². The maximum Gasteiger partial charge on any atom is 0.296 e. The smallest absolute Gasteiger partial charge is 0.296 e. The van der Waals surface area contributed by atoms with Gasteiger partial charge in [-0.1, -0.05) is 30.3 Å². The number of nitrogens with one attached hydrogen (secondary N) is 1. The molecule has 0 radical (unpaired) electrons. The largest absolute Gasteiger partial charge is 0.501 e. The molecule has 4 rings (SSSR count). The van der Waals surface area contributed by atoms with Gasteiger partial charge in [-0.05, 0) is 11.6 Å². The third kappa shape index (κ3) is 4.26. The average molecular weight is 477 g/mol. The Hall–Kier alpha value is -4.79. The fourth-order valence-corrected chi connectivity index (χ4v) is 4.04. The van der Waals surface area contributed by atoms with E-state index in [9.17, 15) is 24.3 Å². The number of benzene rings is 1. The van der Waals surface area contributed by atoms with E-state index in [1.807, 2.05) is 0 Å². The molecule has 0 saturated carbocycles. The molecule has 0 bridgehead atoms. The van der Waals surface area contributed by atoms with E-state index in [1.165, 1.54) is 30.4 Å². The highest BCUT2D eigenvalue weighted by atomic mass is 19.1. The van der Waals surface area contributed by atoms with Crippen LogP contribution < -0.4 is 10.9 Å². The number of nitrogens with zero attached hydrogens (tertiary/aromatic N) is 6. The van der Waals surface area contributed by atoms with E-state index in [0.29, 0.717) is 11.1 Å². The average Bonchev–Trinajstić information content (AvgIpc) is 3.47. The monoisotopic (exact) mass is 477 g/mol. The lowest BCUT2D eigenvalue weighted by molar-refractivity contribution is 0.101. The molecule has 0 spiro atoms. The molecule has 0 aliphatic heterocycles. The first kappa shape index (κ1) is 23.4. The van der Waals surface area contributed by atoms with Gasteiger partial charge in [0.05, 0.1) is 17.8 Å². The van der Waals surface area contributed by atoms with E-state index in [0.717, 1.165) is 4.57 Å². The van der Waals surface area contributed by atoms with Crippen molar-refractivity contribution in [2.24, 2.45) is 14.1 Å². The number of amides is 1. The Morgan fingerprint density at radius 3 is 2.66 bits per heavy atom. The second-order valence-corrected chi connectivity index (χ2v) is 7.91. The van der Waals surface area contributed by atoms with Gasteiger partial charge < -0.3 is 14.9 Å². The van der Waals surface area contributed by atoms with E-state index < -0.39 is 40.7 Å². The topological polar surface area (TPSA) is 152 Å². The zero-order valence-electron chi connectivity index (χ0n) is 18.9. The van der Waals surface area contributed by atoms with Crippen LogP contribution in [0.5, 0.6) is 5.75 Å². The summed E-state index contributed by atoms with van der Waals surface area (Å²) in [6.07, 6.45) is 3.89. The van der Waals surface area contributed by atoms with Crippen molar-refractivity contribution in [2.45, 2.75) is 18.8 Å². The second kappa shape index (κ2) is 9.22. The predicted octanol–water partition coefficient (Wildman–Crippen LogP) is 2.41. The zero-order chi connectivity index (χ0) is 25.3. The number of hydrogen-bond donors (Lipinski definition) is 2. The minimum absolute atomic E-state index is 0.0873. The number of halogens is 1. The van der Waals surface area contributed by atoms with Gasteiger partial charge in [-0.2, -0.15) is 9.65 Å². The summed E-state index contributed by atoms with van der Waals surface area (Å²) >= 11 is 0. The highest BCUT2D eigenvalue weighted by molar-refractivity contribution is 6.04. The molecule has 1 aromatic carbocycles. The molecule has 11 nitrogen and oxygen atoms in total. The van der Waals surface area contributed by atoms with E-state index in [1.54, 1.807) is 38.2 Å². The number of hydrogen-bond acceptors (Lipinski definition) is 8. The third-order valence-corrected chi connectivity index (χ3v) is 5.68. The first-order valence-corrected chi connectivity index (χ1v) is 10.4. The molecule has 0 unspecified atom stereocenters. The van der Waals surface area contributed by atoms with Gasteiger partial charge in [-0.3, -0.25) is 18.8 Å². The van der Waals surface area contributed by atoms with Crippen LogP contribution >= 0.6 is 0 Å². The summed E-state index contributed by atoms with van der Waals surface area (Å²) in [5, 5.41) is 29.8. The van der Waals surface area contributed by atoms with Crippen molar-refractivity contribution in [3.8, 4) is 11.8 Å². The Labute approximate surface area is 198 Å². The summed E-state index contributed by atoms with van der Waals surface area (Å²) in [6.45, 7) is 1.69. The van der Waals surface area contributed by atoms with Crippen LogP contribution in [0.1, 0.15) is 51.8 Å². The lowest BCUT2D eigenvalue weighted by Crippen LogP contribution is -2.29. The van der Waals surface area contributed by atoms with Crippen LogP contribution in [0, 0.1) is 17.3 Å². The molecule has 12 heteroatoms. The number of carbonyl (C=O) groups excluding carboxylic acids is 1. The molecule has 4 aromatic rings. The standard InChI is InChI=1S/C23H20FN7O4/c1-12(17(16-10-30(2)29-20(16)24)15-7-5-4-6-13(15)8-25)21-28-18(19(32)23(34)31(21)3)22(33)27-14-9-26-35-11-14/h4-7,9-12,17,32H,1-3H3,(H,27,33)/t12-,17+/m1/s1. The zero-order valence-corrected chi connectivity index (χ0v) is 18.9. The van der Waals surface area contributed by atoms with Gasteiger partial charge in [0.25, 0.3) is 11.5 Å². The maximum absolute atomic E-state index is 14.9. The summed E-state index contributed by atoms with van der Waals surface area (Å²) in [4.78, 5) is 29.9. The molecule has 3 aromatic heterocycles. The molecule has 0 fully saturated rings. The Morgan fingerprint density at radius 2 is 2.03 bits per heavy atom. The van der Waals surface area contributed by atoms with E-state index in [4.69, 9.17) is 0 Å². The lowest BCUT2D eigenvalue weighted by atomic mass is 9.80. The number of aryl methyl sites for hydroxylation is 1. The summed E-state index contributed by atoms with van der Waals surface area (Å²) in [7, 11) is 2.95. The predicted molar refractivity (Wildman–Crippen MR) is 120 cm³/mol. The third-order valence-electron chi connectivity index (χ3n) is 5.68. The summed E-state index contributed by atoms with van der Waals surface area (Å²) in [5.41, 5.74) is -0.203. The number of aromatic nitrogens is 5. The molecule has 0 aliphatic carbocycles. The van der Waals surface area contributed by atoms with Crippen molar-refractivity contribution < 1.29 is 18.8 Å². The Morgan fingerprint density at radius 1 is 1.29 bits per heavy atom. The number of anilines is 1. The SMILES string of the molecule is C[C@@H](c1nc(C(=O)Nc2cnoc2)c(O)c(=O)n1C)[C@@H](c1ccccc1C#N)c1cn(C)nc1F. The van der Waals surface area contributed by atoms with Crippen molar-refractivity contribution in [1.29, 1.82) is 5.26 Å². The summed E-state index contributed by atoms with van der Waals surface area (Å²) < 4.78 is 22.0. The number of rotatable bonds is 6. The Kier molecular flexibility index (Phi) is 6.16. The van der Waals surface area contributed by atoms with E-state index in [-0.39, 0.29) is 17.1 Å².